The summed E-state index contributed by atoms with van der Waals surface area (Å²) in [4.78, 5) is 12.0. The summed E-state index contributed by atoms with van der Waals surface area (Å²) in [6.45, 7) is -1.29. The normalized spacial score (nSPS) is 20.1. The minimum Gasteiger partial charge on any atom is -0.349 e. The Bertz CT molecular complexity index is 302. The molecule has 1 aliphatic carbocycles. The number of carbonyl (C=O) groups excluding carboxylic acids is 1. The van der Waals surface area contributed by atoms with E-state index in [1.807, 2.05) is 5.32 Å². The van der Waals surface area contributed by atoms with Crippen LogP contribution in [0.2, 0.25) is 0 Å². The molecule has 0 aromatic heterocycles. The van der Waals surface area contributed by atoms with Crippen LogP contribution in [0.3, 0.4) is 0 Å². The zero-order chi connectivity index (χ0) is 14.5. The van der Waals surface area contributed by atoms with Crippen molar-refractivity contribution in [1.82, 2.24) is 5.32 Å². The van der Waals surface area contributed by atoms with Gasteiger partial charge in [0.25, 0.3) is 0 Å². The number of hydrogen-bond donors (Lipinski definition) is 2. The first kappa shape index (κ1) is 16.2. The van der Waals surface area contributed by atoms with Gasteiger partial charge in [-0.1, -0.05) is 25.7 Å². The Labute approximate surface area is 109 Å². The summed E-state index contributed by atoms with van der Waals surface area (Å²) in [6.07, 6.45) is 0.817. The molecule has 0 aromatic rings. The van der Waals surface area contributed by atoms with Gasteiger partial charge >= 0.3 is 12.3 Å². The molecule has 112 valence electrons. The molecule has 0 radical (unpaired) electrons. The van der Waals surface area contributed by atoms with Crippen molar-refractivity contribution in [2.45, 2.75) is 50.9 Å². The Hall–Kier alpha value is -0.850. The van der Waals surface area contributed by atoms with Gasteiger partial charge < -0.3 is 11.1 Å². The molecular formula is C12H20F4N2O. The van der Waals surface area contributed by atoms with E-state index in [0.29, 0.717) is 12.8 Å². The Balaban J connectivity index is 2.63. The molecule has 0 atom stereocenters. The minimum absolute atomic E-state index is 0.0546. The predicted molar refractivity (Wildman–Crippen MR) is 63.2 cm³/mol. The summed E-state index contributed by atoms with van der Waals surface area (Å²) in [5.41, 5.74) is 4.73. The lowest BCUT2D eigenvalue weighted by atomic mass is 9.79. The van der Waals surface area contributed by atoms with E-state index in [9.17, 15) is 22.4 Å². The monoisotopic (exact) mass is 284 g/mol. The first-order chi connectivity index (χ1) is 8.84. The lowest BCUT2D eigenvalue weighted by Gasteiger charge is -2.30. The Kier molecular flexibility index (Phi) is 5.58. The highest BCUT2D eigenvalue weighted by Gasteiger charge is 2.43. The van der Waals surface area contributed by atoms with Gasteiger partial charge in [-0.25, -0.2) is 8.78 Å². The number of rotatable bonds is 5. The van der Waals surface area contributed by atoms with Crippen molar-refractivity contribution in [1.29, 1.82) is 0 Å². The summed E-state index contributed by atoms with van der Waals surface area (Å²) >= 11 is 0. The van der Waals surface area contributed by atoms with Crippen LogP contribution in [0.1, 0.15) is 38.5 Å². The minimum atomic E-state index is -4.20. The van der Waals surface area contributed by atoms with Crippen LogP contribution in [-0.4, -0.2) is 31.3 Å². The molecule has 0 unspecified atom stereocenters. The van der Waals surface area contributed by atoms with Gasteiger partial charge in [0.1, 0.15) is 0 Å². The predicted octanol–water partition coefficient (Wildman–Crippen LogP) is 2.30. The SMILES string of the molecule is NCC1(C(=O)NCC(F)(F)C(F)F)CCCCCC1. The molecule has 0 aliphatic heterocycles. The van der Waals surface area contributed by atoms with E-state index >= 15 is 0 Å². The maximum atomic E-state index is 12.8. The smallest absolute Gasteiger partial charge is 0.324 e. The molecule has 1 rings (SSSR count). The van der Waals surface area contributed by atoms with Gasteiger partial charge in [-0.3, -0.25) is 4.79 Å². The number of nitrogens with two attached hydrogens (primary N) is 1. The largest absolute Gasteiger partial charge is 0.349 e. The maximum absolute atomic E-state index is 12.8. The molecule has 1 aliphatic rings. The number of alkyl halides is 4. The van der Waals surface area contributed by atoms with Crippen LogP contribution in [0.25, 0.3) is 0 Å². The van der Waals surface area contributed by atoms with E-state index in [0.717, 1.165) is 25.7 Å². The fourth-order valence-electron chi connectivity index (χ4n) is 2.39. The fraction of sp³-hybridized carbons (Fsp3) is 0.917. The van der Waals surface area contributed by atoms with Crippen LogP contribution >= 0.6 is 0 Å². The zero-order valence-corrected chi connectivity index (χ0v) is 10.7. The summed E-state index contributed by atoms with van der Waals surface area (Å²) in [5, 5.41) is 1.94. The lowest BCUT2D eigenvalue weighted by molar-refractivity contribution is -0.143. The Morgan fingerprint density at radius 1 is 1.21 bits per heavy atom. The van der Waals surface area contributed by atoms with Crippen LogP contribution in [0.15, 0.2) is 0 Å². The molecule has 0 bridgehead atoms. The van der Waals surface area contributed by atoms with Gasteiger partial charge in [0.15, 0.2) is 0 Å². The van der Waals surface area contributed by atoms with E-state index in [1.54, 1.807) is 0 Å². The molecule has 19 heavy (non-hydrogen) atoms. The van der Waals surface area contributed by atoms with Crippen molar-refractivity contribution in [3.63, 3.8) is 0 Å². The van der Waals surface area contributed by atoms with Crippen LogP contribution in [0.5, 0.6) is 0 Å². The second-order valence-electron chi connectivity index (χ2n) is 5.14. The molecule has 0 heterocycles. The number of carbonyl (C=O) groups is 1. The number of nitrogens with one attached hydrogen (secondary N) is 1. The molecule has 0 spiro atoms. The van der Waals surface area contributed by atoms with Gasteiger partial charge in [0.2, 0.25) is 5.91 Å². The molecule has 3 nitrogen and oxygen atoms in total. The first-order valence-corrected chi connectivity index (χ1v) is 6.48. The zero-order valence-electron chi connectivity index (χ0n) is 10.7. The molecule has 1 fully saturated rings. The van der Waals surface area contributed by atoms with E-state index in [1.165, 1.54) is 0 Å². The van der Waals surface area contributed by atoms with Crippen LogP contribution in [0.4, 0.5) is 17.6 Å². The second kappa shape index (κ2) is 6.54. The summed E-state index contributed by atoms with van der Waals surface area (Å²) in [6, 6.07) is 0. The average Bonchev–Trinajstić information content (AvgIpc) is 2.62. The molecule has 3 N–H and O–H groups in total. The van der Waals surface area contributed by atoms with Gasteiger partial charge in [0.05, 0.1) is 12.0 Å². The quantitative estimate of drug-likeness (QED) is 0.601. The Morgan fingerprint density at radius 2 is 1.74 bits per heavy atom. The third kappa shape index (κ3) is 4.06. The highest BCUT2D eigenvalue weighted by atomic mass is 19.3. The summed E-state index contributed by atoms with van der Waals surface area (Å²) in [5.74, 6) is -4.83. The molecule has 1 amide bonds. The summed E-state index contributed by atoms with van der Waals surface area (Å²) < 4.78 is 49.6. The van der Waals surface area contributed by atoms with Crippen molar-refractivity contribution in [3.8, 4) is 0 Å². The number of hydrogen-bond acceptors (Lipinski definition) is 2. The highest BCUT2D eigenvalue weighted by Crippen LogP contribution is 2.34. The topological polar surface area (TPSA) is 55.1 Å². The van der Waals surface area contributed by atoms with E-state index < -0.39 is 30.2 Å². The average molecular weight is 284 g/mol. The Morgan fingerprint density at radius 3 is 2.16 bits per heavy atom. The highest BCUT2D eigenvalue weighted by molar-refractivity contribution is 5.83. The van der Waals surface area contributed by atoms with E-state index in [4.69, 9.17) is 5.73 Å². The van der Waals surface area contributed by atoms with Crippen molar-refractivity contribution in [2.24, 2.45) is 11.1 Å². The standard InChI is InChI=1S/C12H20F4N2O/c13-9(14)12(15,16)8-18-10(19)11(7-17)5-3-1-2-4-6-11/h9H,1-8,17H2,(H,18,19). The fourth-order valence-corrected chi connectivity index (χ4v) is 2.39. The molecule has 0 aromatic carbocycles. The second-order valence-corrected chi connectivity index (χ2v) is 5.14. The van der Waals surface area contributed by atoms with Crippen LogP contribution in [-0.2, 0) is 4.79 Å². The molecule has 0 saturated heterocycles. The van der Waals surface area contributed by atoms with Crippen molar-refractivity contribution < 1.29 is 22.4 Å². The lowest BCUT2D eigenvalue weighted by Crippen LogP contribution is -2.50. The molecule has 1 saturated carbocycles. The summed E-state index contributed by atoms with van der Waals surface area (Å²) in [7, 11) is 0. The number of halogens is 4. The maximum Gasteiger partial charge on any atom is 0.324 e. The number of amides is 1. The van der Waals surface area contributed by atoms with Crippen molar-refractivity contribution in [2.75, 3.05) is 13.1 Å². The molecule has 7 heteroatoms. The van der Waals surface area contributed by atoms with E-state index in [-0.39, 0.29) is 6.54 Å². The van der Waals surface area contributed by atoms with Crippen molar-refractivity contribution in [3.05, 3.63) is 0 Å². The van der Waals surface area contributed by atoms with E-state index in [2.05, 4.69) is 0 Å². The van der Waals surface area contributed by atoms with Crippen molar-refractivity contribution >= 4 is 5.91 Å². The van der Waals surface area contributed by atoms with Crippen LogP contribution in [0, 0.1) is 5.41 Å². The molecular weight excluding hydrogens is 264 g/mol. The first-order valence-electron chi connectivity index (χ1n) is 6.48. The van der Waals surface area contributed by atoms with Crippen LogP contribution < -0.4 is 11.1 Å². The van der Waals surface area contributed by atoms with Gasteiger partial charge in [0, 0.05) is 6.54 Å². The third-order valence-corrected chi connectivity index (χ3v) is 3.74. The van der Waals surface area contributed by atoms with Gasteiger partial charge in [-0.05, 0) is 12.8 Å². The van der Waals surface area contributed by atoms with Gasteiger partial charge in [-0.2, -0.15) is 8.78 Å². The van der Waals surface area contributed by atoms with Gasteiger partial charge in [-0.15, -0.1) is 0 Å². The third-order valence-electron chi connectivity index (χ3n) is 3.74.